The molecule has 1 atom stereocenters. The Balaban J connectivity index is 0.000000291. The Morgan fingerprint density at radius 3 is 2.33 bits per heavy atom. The van der Waals surface area contributed by atoms with Gasteiger partial charge in [-0.15, -0.1) is 0 Å². The van der Waals surface area contributed by atoms with Crippen LogP contribution >= 0.6 is 21.6 Å². The first-order valence-electron chi connectivity index (χ1n) is 3.71. The summed E-state index contributed by atoms with van der Waals surface area (Å²) in [5.74, 6) is 1.38. The van der Waals surface area contributed by atoms with Crippen molar-refractivity contribution in [3.63, 3.8) is 0 Å². The van der Waals surface area contributed by atoms with Crippen molar-refractivity contribution in [1.82, 2.24) is 0 Å². The average molecular weight is 164 g/mol. The van der Waals surface area contributed by atoms with Gasteiger partial charge in [-0.1, -0.05) is 42.4 Å². The molecular formula is C7H16S2. The van der Waals surface area contributed by atoms with Crippen molar-refractivity contribution in [3.8, 4) is 0 Å². The maximum Gasteiger partial charge on any atom is 0.0157 e. The minimum Gasteiger partial charge on any atom is -0.0938 e. The molecule has 0 spiro atoms. The molecule has 1 aliphatic rings. The second kappa shape index (κ2) is 6.81. The van der Waals surface area contributed by atoms with Gasteiger partial charge in [0.2, 0.25) is 0 Å². The molecule has 1 heterocycles. The van der Waals surface area contributed by atoms with Crippen molar-refractivity contribution in [2.75, 3.05) is 5.75 Å². The van der Waals surface area contributed by atoms with Crippen LogP contribution in [-0.4, -0.2) is 11.0 Å². The van der Waals surface area contributed by atoms with E-state index in [1.165, 1.54) is 18.6 Å². The molecule has 0 aromatic carbocycles. The van der Waals surface area contributed by atoms with E-state index in [9.17, 15) is 0 Å². The van der Waals surface area contributed by atoms with Crippen LogP contribution in [0.5, 0.6) is 0 Å². The number of hydrogen-bond donors (Lipinski definition) is 0. The minimum atomic E-state index is 0.977. The van der Waals surface area contributed by atoms with Crippen molar-refractivity contribution in [1.29, 1.82) is 0 Å². The molecule has 0 aromatic heterocycles. The summed E-state index contributed by atoms with van der Waals surface area (Å²) in [5.41, 5.74) is 0. The first-order valence-corrected chi connectivity index (χ1v) is 6.10. The van der Waals surface area contributed by atoms with Gasteiger partial charge in [0, 0.05) is 11.0 Å². The topological polar surface area (TPSA) is 0 Å². The highest BCUT2D eigenvalue weighted by Gasteiger charge is 2.12. The van der Waals surface area contributed by atoms with E-state index < -0.39 is 0 Å². The lowest BCUT2D eigenvalue weighted by atomic mass is 10.3. The quantitative estimate of drug-likeness (QED) is 0.543. The highest BCUT2D eigenvalue weighted by Crippen LogP contribution is 2.38. The van der Waals surface area contributed by atoms with Gasteiger partial charge in [-0.05, 0) is 12.8 Å². The average Bonchev–Trinajstić information content (AvgIpc) is 2.43. The standard InChI is InChI=1S/C5H10S2.C2H6/c1-2-5-3-4-6-7-5;1-2/h5H,2-4H2,1H3;1-2H3. The van der Waals surface area contributed by atoms with Crippen LogP contribution in [0, 0.1) is 0 Å². The van der Waals surface area contributed by atoms with E-state index in [0.29, 0.717) is 0 Å². The monoisotopic (exact) mass is 164 g/mol. The molecule has 1 rings (SSSR count). The first-order chi connectivity index (χ1) is 4.43. The van der Waals surface area contributed by atoms with Gasteiger partial charge in [0.25, 0.3) is 0 Å². The highest BCUT2D eigenvalue weighted by atomic mass is 33.1. The molecule has 9 heavy (non-hydrogen) atoms. The van der Waals surface area contributed by atoms with Gasteiger partial charge in [-0.2, -0.15) is 0 Å². The lowest BCUT2D eigenvalue weighted by Gasteiger charge is -1.97. The summed E-state index contributed by atoms with van der Waals surface area (Å²) < 4.78 is 0. The predicted octanol–water partition coefficient (Wildman–Crippen LogP) is 3.58. The summed E-state index contributed by atoms with van der Waals surface area (Å²) in [7, 11) is 4.08. The predicted molar refractivity (Wildman–Crippen MR) is 50.1 cm³/mol. The van der Waals surface area contributed by atoms with E-state index in [2.05, 4.69) is 17.7 Å². The molecule has 1 unspecified atom stereocenters. The van der Waals surface area contributed by atoms with Gasteiger partial charge in [-0.25, -0.2) is 0 Å². The Morgan fingerprint density at radius 1 is 1.44 bits per heavy atom. The molecule has 0 aromatic rings. The van der Waals surface area contributed by atoms with E-state index in [1.54, 1.807) is 0 Å². The summed E-state index contributed by atoms with van der Waals surface area (Å²) in [6, 6.07) is 0. The van der Waals surface area contributed by atoms with Crippen molar-refractivity contribution in [2.45, 2.75) is 38.9 Å². The highest BCUT2D eigenvalue weighted by molar-refractivity contribution is 8.77. The third kappa shape index (κ3) is 4.15. The lowest BCUT2D eigenvalue weighted by Crippen LogP contribution is -1.91. The Kier molecular flexibility index (Phi) is 7.34. The van der Waals surface area contributed by atoms with Gasteiger partial charge in [-0.3, -0.25) is 0 Å². The van der Waals surface area contributed by atoms with Crippen LogP contribution in [0.15, 0.2) is 0 Å². The third-order valence-corrected chi connectivity index (χ3v) is 4.29. The fraction of sp³-hybridized carbons (Fsp3) is 1.00. The van der Waals surface area contributed by atoms with Gasteiger partial charge < -0.3 is 0 Å². The molecular weight excluding hydrogens is 148 g/mol. The van der Waals surface area contributed by atoms with Crippen LogP contribution in [0.4, 0.5) is 0 Å². The molecule has 1 aliphatic heterocycles. The maximum atomic E-state index is 2.27. The van der Waals surface area contributed by atoms with Gasteiger partial charge in [0.05, 0.1) is 0 Å². The van der Waals surface area contributed by atoms with E-state index >= 15 is 0 Å². The smallest absolute Gasteiger partial charge is 0.0157 e. The zero-order valence-electron chi connectivity index (χ0n) is 6.52. The van der Waals surface area contributed by atoms with E-state index in [-0.39, 0.29) is 0 Å². The second-order valence-electron chi connectivity index (χ2n) is 1.74. The molecule has 1 fully saturated rings. The summed E-state index contributed by atoms with van der Waals surface area (Å²) in [6.07, 6.45) is 2.80. The van der Waals surface area contributed by atoms with Gasteiger partial charge in [0.1, 0.15) is 0 Å². The van der Waals surface area contributed by atoms with Crippen molar-refractivity contribution in [2.24, 2.45) is 0 Å². The van der Waals surface area contributed by atoms with Crippen molar-refractivity contribution < 1.29 is 0 Å². The molecule has 56 valence electrons. The SMILES string of the molecule is CC.CCC1CCSS1. The second-order valence-corrected chi connectivity index (χ2v) is 4.52. The van der Waals surface area contributed by atoms with Crippen molar-refractivity contribution in [3.05, 3.63) is 0 Å². The Labute approximate surface area is 66.6 Å². The normalized spacial score (nSPS) is 25.0. The van der Waals surface area contributed by atoms with Crippen LogP contribution in [0.25, 0.3) is 0 Å². The fourth-order valence-electron chi connectivity index (χ4n) is 0.644. The summed E-state index contributed by atoms with van der Waals surface area (Å²) in [5, 5.41) is 0.977. The molecule has 1 saturated heterocycles. The largest absolute Gasteiger partial charge is 0.0938 e. The fourth-order valence-corrected chi connectivity index (χ4v) is 3.66. The number of rotatable bonds is 1. The molecule has 0 nitrogen and oxygen atoms in total. The maximum absolute atomic E-state index is 2.27. The molecule has 0 bridgehead atoms. The van der Waals surface area contributed by atoms with Crippen LogP contribution in [0.3, 0.4) is 0 Å². The van der Waals surface area contributed by atoms with E-state index in [4.69, 9.17) is 0 Å². The summed E-state index contributed by atoms with van der Waals surface area (Å²) in [6.45, 7) is 6.27. The zero-order valence-corrected chi connectivity index (χ0v) is 8.15. The minimum absolute atomic E-state index is 0.977. The molecule has 0 saturated carbocycles. The molecule has 0 aliphatic carbocycles. The Hall–Kier alpha value is 0.700. The van der Waals surface area contributed by atoms with E-state index in [0.717, 1.165) is 5.25 Å². The van der Waals surface area contributed by atoms with Gasteiger partial charge in [0.15, 0.2) is 0 Å². The van der Waals surface area contributed by atoms with Gasteiger partial charge >= 0.3 is 0 Å². The van der Waals surface area contributed by atoms with Crippen LogP contribution in [0.2, 0.25) is 0 Å². The summed E-state index contributed by atoms with van der Waals surface area (Å²) >= 11 is 0. The molecule has 0 radical (unpaired) electrons. The van der Waals surface area contributed by atoms with Crippen molar-refractivity contribution >= 4 is 21.6 Å². The van der Waals surface area contributed by atoms with Crippen LogP contribution in [-0.2, 0) is 0 Å². The Bertz CT molecular complexity index is 48.9. The lowest BCUT2D eigenvalue weighted by molar-refractivity contribution is 0.812. The van der Waals surface area contributed by atoms with Crippen LogP contribution in [0.1, 0.15) is 33.6 Å². The molecule has 2 heteroatoms. The zero-order chi connectivity index (χ0) is 7.11. The van der Waals surface area contributed by atoms with E-state index in [1.807, 2.05) is 24.6 Å². The number of hydrogen-bond acceptors (Lipinski definition) is 2. The first kappa shape index (κ1) is 9.70. The molecule has 0 amide bonds. The Morgan fingerprint density at radius 2 is 2.11 bits per heavy atom. The third-order valence-electron chi connectivity index (χ3n) is 1.18. The van der Waals surface area contributed by atoms with Crippen LogP contribution < -0.4 is 0 Å². The molecule has 0 N–H and O–H groups in total. The summed E-state index contributed by atoms with van der Waals surface area (Å²) in [4.78, 5) is 0.